The highest BCUT2D eigenvalue weighted by molar-refractivity contribution is 5.83. The van der Waals surface area contributed by atoms with E-state index in [0.29, 0.717) is 0 Å². The fourth-order valence-electron chi connectivity index (χ4n) is 3.90. The molecule has 3 heterocycles. The first kappa shape index (κ1) is 16.3. The smallest absolute Gasteiger partial charge is 0.233 e. The minimum Gasteiger partial charge on any atom is -0.341 e. The minimum absolute atomic E-state index is 0.151. The molecule has 6 heteroatoms. The van der Waals surface area contributed by atoms with Crippen LogP contribution in [0.2, 0.25) is 0 Å². The van der Waals surface area contributed by atoms with Gasteiger partial charge in [0.05, 0.1) is 5.92 Å². The number of hydrogen-bond donors (Lipinski definition) is 0. The topological polar surface area (TPSA) is 54.3 Å². The number of carbonyl (C=O) groups is 1. The van der Waals surface area contributed by atoms with Crippen molar-refractivity contribution in [1.29, 1.82) is 0 Å². The van der Waals surface area contributed by atoms with Crippen LogP contribution in [0.3, 0.4) is 0 Å². The number of rotatable bonds is 2. The second kappa shape index (κ2) is 6.96. The molecule has 1 atom stereocenters. The first-order valence-corrected chi connectivity index (χ1v) is 9.20. The summed E-state index contributed by atoms with van der Waals surface area (Å²) in [6.45, 7) is 4.55. The van der Waals surface area contributed by atoms with Crippen molar-refractivity contribution in [2.24, 2.45) is 0 Å². The van der Waals surface area contributed by atoms with E-state index in [1.54, 1.807) is 0 Å². The Bertz CT molecular complexity index is 742. The lowest BCUT2D eigenvalue weighted by Crippen LogP contribution is -2.39. The maximum absolute atomic E-state index is 13.1. The van der Waals surface area contributed by atoms with Gasteiger partial charge in [0.25, 0.3) is 0 Å². The van der Waals surface area contributed by atoms with Crippen molar-refractivity contribution >= 4 is 5.91 Å². The lowest BCUT2D eigenvalue weighted by atomic mass is 9.96. The molecule has 0 N–H and O–H groups in total. The third kappa shape index (κ3) is 3.18. The normalized spacial score (nSPS) is 21.6. The molecule has 6 nitrogen and oxygen atoms in total. The van der Waals surface area contributed by atoms with Crippen molar-refractivity contribution in [3.63, 3.8) is 0 Å². The molecule has 132 valence electrons. The molecule has 0 radical (unpaired) electrons. The van der Waals surface area contributed by atoms with Gasteiger partial charge < -0.3 is 14.4 Å². The van der Waals surface area contributed by atoms with Gasteiger partial charge in [-0.2, -0.15) is 0 Å². The van der Waals surface area contributed by atoms with Crippen molar-refractivity contribution < 1.29 is 4.79 Å². The highest BCUT2D eigenvalue weighted by Gasteiger charge is 2.34. The molecule has 0 bridgehead atoms. The summed E-state index contributed by atoms with van der Waals surface area (Å²) in [6.07, 6.45) is 2.91. The molecule has 2 aliphatic rings. The van der Waals surface area contributed by atoms with E-state index >= 15 is 0 Å². The van der Waals surface area contributed by atoms with Gasteiger partial charge in [-0.25, -0.2) is 0 Å². The van der Waals surface area contributed by atoms with E-state index < -0.39 is 0 Å². The molecule has 1 saturated heterocycles. The molecule has 0 aliphatic carbocycles. The maximum Gasteiger partial charge on any atom is 0.233 e. The van der Waals surface area contributed by atoms with Gasteiger partial charge in [0.2, 0.25) is 5.91 Å². The number of carbonyl (C=O) groups excluding carboxylic acids is 1. The molecule has 2 aliphatic heterocycles. The summed E-state index contributed by atoms with van der Waals surface area (Å²) >= 11 is 0. The number of nitrogens with zero attached hydrogens (tertiary/aromatic N) is 5. The minimum atomic E-state index is -0.151. The van der Waals surface area contributed by atoms with Crippen LogP contribution in [-0.4, -0.2) is 63.7 Å². The van der Waals surface area contributed by atoms with E-state index in [9.17, 15) is 4.79 Å². The Labute approximate surface area is 148 Å². The van der Waals surface area contributed by atoms with E-state index in [2.05, 4.69) is 26.7 Å². The van der Waals surface area contributed by atoms with Crippen molar-refractivity contribution in [1.82, 2.24) is 24.6 Å². The Balaban J connectivity index is 1.60. The third-order valence-corrected chi connectivity index (χ3v) is 5.33. The lowest BCUT2D eigenvalue weighted by molar-refractivity contribution is -0.133. The summed E-state index contributed by atoms with van der Waals surface area (Å²) in [6, 6.07) is 10.1. The van der Waals surface area contributed by atoms with Gasteiger partial charge in [-0.3, -0.25) is 4.79 Å². The summed E-state index contributed by atoms with van der Waals surface area (Å²) in [7, 11) is 2.12. The molecule has 0 spiro atoms. The zero-order chi connectivity index (χ0) is 17.2. The molecule has 1 amide bonds. The fourth-order valence-corrected chi connectivity index (χ4v) is 3.90. The van der Waals surface area contributed by atoms with E-state index in [0.717, 1.165) is 69.2 Å². The first-order chi connectivity index (χ1) is 12.2. The molecule has 2 aromatic rings. The molecule has 0 saturated carbocycles. The number of hydrogen-bond acceptors (Lipinski definition) is 4. The van der Waals surface area contributed by atoms with Gasteiger partial charge in [0.1, 0.15) is 5.82 Å². The largest absolute Gasteiger partial charge is 0.341 e. The molecule has 25 heavy (non-hydrogen) atoms. The first-order valence-electron chi connectivity index (χ1n) is 9.20. The standard InChI is InChI=1S/C19H25N5O/c1-22-10-6-11-23(14-13-22)19(25)16-9-5-12-24-17(20-21-18(16)24)15-7-3-2-4-8-15/h2-4,7-8,16H,5-6,9-14H2,1H3. The Morgan fingerprint density at radius 3 is 2.68 bits per heavy atom. The summed E-state index contributed by atoms with van der Waals surface area (Å²) in [5.41, 5.74) is 1.06. The zero-order valence-corrected chi connectivity index (χ0v) is 14.8. The monoisotopic (exact) mass is 339 g/mol. The fraction of sp³-hybridized carbons (Fsp3) is 0.526. The predicted octanol–water partition coefficient (Wildman–Crippen LogP) is 1.99. The van der Waals surface area contributed by atoms with E-state index in [-0.39, 0.29) is 11.8 Å². The second-order valence-electron chi connectivity index (χ2n) is 7.08. The van der Waals surface area contributed by atoms with E-state index in [1.807, 2.05) is 35.2 Å². The summed E-state index contributed by atoms with van der Waals surface area (Å²) in [5, 5.41) is 8.83. The number of fused-ring (bicyclic) bond motifs is 1. The Morgan fingerprint density at radius 1 is 1.00 bits per heavy atom. The van der Waals surface area contributed by atoms with Crippen molar-refractivity contribution in [2.75, 3.05) is 33.2 Å². The Morgan fingerprint density at radius 2 is 1.84 bits per heavy atom. The van der Waals surface area contributed by atoms with E-state index in [1.165, 1.54) is 0 Å². The van der Waals surface area contributed by atoms with Crippen LogP contribution in [-0.2, 0) is 11.3 Å². The van der Waals surface area contributed by atoms with Crippen LogP contribution < -0.4 is 0 Å². The molecule has 1 aromatic heterocycles. The van der Waals surface area contributed by atoms with Gasteiger partial charge >= 0.3 is 0 Å². The maximum atomic E-state index is 13.1. The van der Waals surface area contributed by atoms with Gasteiger partial charge in [-0.05, 0) is 32.9 Å². The molecular weight excluding hydrogens is 314 g/mol. The van der Waals surface area contributed by atoms with Crippen molar-refractivity contribution in [2.45, 2.75) is 31.7 Å². The van der Waals surface area contributed by atoms with Gasteiger partial charge in [0, 0.05) is 31.7 Å². The Hall–Kier alpha value is -2.21. The number of aromatic nitrogens is 3. The van der Waals surface area contributed by atoms with Crippen LogP contribution in [0, 0.1) is 0 Å². The van der Waals surface area contributed by atoms with Gasteiger partial charge in [-0.1, -0.05) is 30.3 Å². The molecule has 4 rings (SSSR count). The third-order valence-electron chi connectivity index (χ3n) is 5.33. The van der Waals surface area contributed by atoms with Crippen molar-refractivity contribution in [3.05, 3.63) is 36.2 Å². The summed E-state index contributed by atoms with van der Waals surface area (Å²) in [5.74, 6) is 1.79. The van der Waals surface area contributed by atoms with Gasteiger partial charge in [-0.15, -0.1) is 10.2 Å². The number of amides is 1. The predicted molar refractivity (Wildman–Crippen MR) is 96.1 cm³/mol. The van der Waals surface area contributed by atoms with E-state index in [4.69, 9.17) is 0 Å². The molecule has 1 fully saturated rings. The van der Waals surface area contributed by atoms with Crippen LogP contribution in [0.5, 0.6) is 0 Å². The quantitative estimate of drug-likeness (QED) is 0.840. The number of benzene rings is 1. The SMILES string of the molecule is CN1CCCN(C(=O)C2CCCn3c(-c4ccccc4)nnc32)CC1. The summed E-state index contributed by atoms with van der Waals surface area (Å²) < 4.78 is 2.14. The molecule has 1 unspecified atom stereocenters. The van der Waals surface area contributed by atoms with Crippen LogP contribution in [0.4, 0.5) is 0 Å². The van der Waals surface area contributed by atoms with Crippen LogP contribution in [0.15, 0.2) is 30.3 Å². The number of likely N-dealkylation sites (N-methyl/N-ethyl adjacent to an activating group) is 1. The van der Waals surface area contributed by atoms with Crippen LogP contribution in [0.25, 0.3) is 11.4 Å². The van der Waals surface area contributed by atoms with Crippen molar-refractivity contribution in [3.8, 4) is 11.4 Å². The van der Waals surface area contributed by atoms with Crippen LogP contribution >= 0.6 is 0 Å². The average Bonchev–Trinajstić information content (AvgIpc) is 2.97. The molecule has 1 aromatic carbocycles. The lowest BCUT2D eigenvalue weighted by Gasteiger charge is -2.28. The molecular formula is C19H25N5O. The highest BCUT2D eigenvalue weighted by atomic mass is 16.2. The van der Waals surface area contributed by atoms with Gasteiger partial charge in [0.15, 0.2) is 5.82 Å². The average molecular weight is 339 g/mol. The van der Waals surface area contributed by atoms with Crippen LogP contribution in [0.1, 0.15) is 31.0 Å². The summed E-state index contributed by atoms with van der Waals surface area (Å²) in [4.78, 5) is 17.5. The highest BCUT2D eigenvalue weighted by Crippen LogP contribution is 2.31. The zero-order valence-electron chi connectivity index (χ0n) is 14.8. The Kier molecular flexibility index (Phi) is 4.53. The second-order valence-corrected chi connectivity index (χ2v) is 7.08.